The number of anilines is 1. The van der Waals surface area contributed by atoms with Crippen LogP contribution in [0, 0.1) is 0 Å². The summed E-state index contributed by atoms with van der Waals surface area (Å²) in [6.07, 6.45) is 0.688. The van der Waals surface area contributed by atoms with E-state index in [1.165, 1.54) is 12.3 Å². The Morgan fingerprint density at radius 1 is 1.24 bits per heavy atom. The summed E-state index contributed by atoms with van der Waals surface area (Å²) in [6, 6.07) is 10.0. The maximum absolute atomic E-state index is 11.8. The average Bonchev–Trinajstić information content (AvgIpc) is 2.99. The maximum atomic E-state index is 11.8. The number of benzene rings is 1. The number of nitrogens with one attached hydrogen (secondary N) is 2. The predicted octanol–water partition coefficient (Wildman–Crippen LogP) is 1.70. The smallest absolute Gasteiger partial charge is 0.287 e. The van der Waals surface area contributed by atoms with Crippen molar-refractivity contribution in [3.8, 4) is 0 Å². The molecule has 0 fully saturated rings. The fraction of sp³-hybridized carbons (Fsp3) is 0.200. The Labute approximate surface area is 121 Å². The van der Waals surface area contributed by atoms with E-state index in [1.54, 1.807) is 37.3 Å². The van der Waals surface area contributed by atoms with Crippen LogP contribution in [0.5, 0.6) is 0 Å². The highest BCUT2D eigenvalue weighted by atomic mass is 16.3. The van der Waals surface area contributed by atoms with Gasteiger partial charge in [-0.15, -0.1) is 0 Å². The molecule has 1 aromatic carbocycles. The van der Waals surface area contributed by atoms with E-state index in [-0.39, 0.29) is 18.2 Å². The molecule has 1 aromatic heterocycles. The molecule has 1 atom stereocenters. The molecular weight excluding hydrogens is 272 g/mol. The average molecular weight is 288 g/mol. The summed E-state index contributed by atoms with van der Waals surface area (Å²) in [7, 11) is 0. The van der Waals surface area contributed by atoms with Crippen LogP contribution in [0.25, 0.3) is 0 Å². The number of carbonyl (C=O) groups excluding carboxylic acids is 2. The van der Waals surface area contributed by atoms with Gasteiger partial charge in [-0.2, -0.15) is 0 Å². The quantitative estimate of drug-likeness (QED) is 0.781. The molecule has 3 N–H and O–H groups in total. The van der Waals surface area contributed by atoms with Crippen molar-refractivity contribution in [2.45, 2.75) is 13.0 Å². The topological polar surface area (TPSA) is 91.6 Å². The molecule has 110 valence electrons. The van der Waals surface area contributed by atoms with Crippen molar-refractivity contribution in [1.29, 1.82) is 0 Å². The molecule has 6 nitrogen and oxygen atoms in total. The van der Waals surface area contributed by atoms with Gasteiger partial charge in [0.2, 0.25) is 5.91 Å². The lowest BCUT2D eigenvalue weighted by atomic mass is 10.1. The van der Waals surface area contributed by atoms with Crippen molar-refractivity contribution >= 4 is 17.5 Å². The van der Waals surface area contributed by atoms with Crippen LogP contribution < -0.4 is 10.6 Å². The highest BCUT2D eigenvalue weighted by Gasteiger charge is 2.12. The van der Waals surface area contributed by atoms with E-state index in [2.05, 4.69) is 10.6 Å². The van der Waals surface area contributed by atoms with Gasteiger partial charge in [0.15, 0.2) is 5.76 Å². The van der Waals surface area contributed by atoms with Crippen LogP contribution in [-0.2, 0) is 4.79 Å². The number of aliphatic hydroxyl groups is 1. The van der Waals surface area contributed by atoms with Crippen molar-refractivity contribution in [3.63, 3.8) is 0 Å². The summed E-state index contributed by atoms with van der Waals surface area (Å²) in [5.41, 5.74) is 1.13. The monoisotopic (exact) mass is 288 g/mol. The molecule has 0 spiro atoms. The first-order chi connectivity index (χ1) is 10.1. The van der Waals surface area contributed by atoms with Gasteiger partial charge in [0.25, 0.3) is 5.91 Å². The number of carbonyl (C=O) groups is 2. The molecule has 0 saturated carbocycles. The normalized spacial score (nSPS) is 11.7. The summed E-state index contributed by atoms with van der Waals surface area (Å²) < 4.78 is 4.92. The SMILES string of the molecule is CC(O)c1ccccc1NC(=O)CNC(=O)c1ccco1. The standard InChI is InChI=1S/C15H16N2O4/c1-10(18)11-5-2-3-6-12(11)17-14(19)9-16-15(20)13-7-4-8-21-13/h2-8,10,18H,9H2,1H3,(H,16,20)(H,17,19). The summed E-state index contributed by atoms with van der Waals surface area (Å²) in [6.45, 7) is 1.43. The summed E-state index contributed by atoms with van der Waals surface area (Å²) in [5, 5.41) is 14.7. The van der Waals surface area contributed by atoms with E-state index in [0.717, 1.165) is 0 Å². The van der Waals surface area contributed by atoms with Gasteiger partial charge in [0, 0.05) is 11.3 Å². The minimum Gasteiger partial charge on any atom is -0.459 e. The second kappa shape index (κ2) is 6.71. The van der Waals surface area contributed by atoms with Crippen LogP contribution in [0.2, 0.25) is 0 Å². The van der Waals surface area contributed by atoms with E-state index in [4.69, 9.17) is 4.42 Å². The van der Waals surface area contributed by atoms with E-state index >= 15 is 0 Å². The lowest BCUT2D eigenvalue weighted by Crippen LogP contribution is -2.32. The van der Waals surface area contributed by atoms with E-state index in [0.29, 0.717) is 11.3 Å². The Morgan fingerprint density at radius 3 is 2.67 bits per heavy atom. The van der Waals surface area contributed by atoms with Crippen molar-refractivity contribution in [3.05, 3.63) is 54.0 Å². The number of furan rings is 1. The molecule has 0 aliphatic carbocycles. The van der Waals surface area contributed by atoms with Gasteiger partial charge in [-0.25, -0.2) is 0 Å². The van der Waals surface area contributed by atoms with Gasteiger partial charge in [-0.3, -0.25) is 9.59 Å². The van der Waals surface area contributed by atoms with E-state index in [9.17, 15) is 14.7 Å². The largest absolute Gasteiger partial charge is 0.459 e. The Kier molecular flexibility index (Phi) is 4.73. The predicted molar refractivity (Wildman–Crippen MR) is 76.7 cm³/mol. The third kappa shape index (κ3) is 3.93. The zero-order chi connectivity index (χ0) is 15.2. The van der Waals surface area contributed by atoms with Crippen LogP contribution in [0.1, 0.15) is 29.1 Å². The number of rotatable bonds is 5. The molecular formula is C15H16N2O4. The molecule has 2 amide bonds. The zero-order valence-electron chi connectivity index (χ0n) is 11.5. The number of aliphatic hydroxyl groups excluding tert-OH is 1. The summed E-state index contributed by atoms with van der Waals surface area (Å²) >= 11 is 0. The molecule has 0 aliphatic heterocycles. The molecule has 0 aliphatic rings. The molecule has 2 aromatic rings. The second-order valence-electron chi connectivity index (χ2n) is 4.47. The third-order valence-electron chi connectivity index (χ3n) is 2.84. The van der Waals surface area contributed by atoms with Crippen LogP contribution in [0.4, 0.5) is 5.69 Å². The van der Waals surface area contributed by atoms with E-state index < -0.39 is 12.0 Å². The van der Waals surface area contributed by atoms with Crippen molar-refractivity contribution < 1.29 is 19.1 Å². The van der Waals surface area contributed by atoms with Crippen molar-refractivity contribution in [2.75, 3.05) is 11.9 Å². The van der Waals surface area contributed by atoms with Crippen LogP contribution in [-0.4, -0.2) is 23.5 Å². The van der Waals surface area contributed by atoms with Gasteiger partial charge >= 0.3 is 0 Å². The van der Waals surface area contributed by atoms with Gasteiger partial charge in [-0.05, 0) is 25.1 Å². The molecule has 21 heavy (non-hydrogen) atoms. The Bertz CT molecular complexity index is 620. The lowest BCUT2D eigenvalue weighted by Gasteiger charge is -2.13. The lowest BCUT2D eigenvalue weighted by molar-refractivity contribution is -0.115. The molecule has 1 heterocycles. The number of amides is 2. The van der Waals surface area contributed by atoms with Gasteiger partial charge in [-0.1, -0.05) is 18.2 Å². The van der Waals surface area contributed by atoms with Crippen LogP contribution in [0.15, 0.2) is 47.1 Å². The van der Waals surface area contributed by atoms with E-state index in [1.807, 2.05) is 0 Å². The van der Waals surface area contributed by atoms with Gasteiger partial charge in [0.05, 0.1) is 18.9 Å². The number of hydrogen-bond acceptors (Lipinski definition) is 4. The zero-order valence-corrected chi connectivity index (χ0v) is 11.5. The Morgan fingerprint density at radius 2 is 2.00 bits per heavy atom. The molecule has 6 heteroatoms. The molecule has 0 radical (unpaired) electrons. The first-order valence-electron chi connectivity index (χ1n) is 6.46. The maximum Gasteiger partial charge on any atom is 0.287 e. The number of hydrogen-bond donors (Lipinski definition) is 3. The molecule has 0 bridgehead atoms. The highest BCUT2D eigenvalue weighted by Crippen LogP contribution is 2.21. The Balaban J connectivity index is 1.92. The molecule has 0 saturated heterocycles. The summed E-state index contributed by atoms with van der Waals surface area (Å²) in [5.74, 6) is -0.700. The minimum absolute atomic E-state index is 0.146. The van der Waals surface area contributed by atoms with Gasteiger partial charge < -0.3 is 20.2 Å². The highest BCUT2D eigenvalue weighted by molar-refractivity contribution is 5.98. The third-order valence-corrected chi connectivity index (χ3v) is 2.84. The fourth-order valence-corrected chi connectivity index (χ4v) is 1.82. The van der Waals surface area contributed by atoms with Crippen LogP contribution in [0.3, 0.4) is 0 Å². The van der Waals surface area contributed by atoms with Crippen LogP contribution >= 0.6 is 0 Å². The van der Waals surface area contributed by atoms with Crippen molar-refractivity contribution in [1.82, 2.24) is 5.32 Å². The molecule has 2 rings (SSSR count). The fourth-order valence-electron chi connectivity index (χ4n) is 1.82. The molecule has 1 unspecified atom stereocenters. The minimum atomic E-state index is -0.695. The second-order valence-corrected chi connectivity index (χ2v) is 4.47. The first-order valence-corrected chi connectivity index (χ1v) is 6.46. The van der Waals surface area contributed by atoms with Crippen molar-refractivity contribution in [2.24, 2.45) is 0 Å². The first kappa shape index (κ1) is 14.8. The van der Waals surface area contributed by atoms with Gasteiger partial charge in [0.1, 0.15) is 0 Å². The number of para-hydroxylation sites is 1. The summed E-state index contributed by atoms with van der Waals surface area (Å²) in [4.78, 5) is 23.4. The Hall–Kier alpha value is -2.60.